The van der Waals surface area contributed by atoms with Crippen molar-refractivity contribution in [3.05, 3.63) is 0 Å². The molecule has 2 rings (SSSR count). The van der Waals surface area contributed by atoms with Crippen LogP contribution in [0.5, 0.6) is 0 Å². The van der Waals surface area contributed by atoms with Crippen molar-refractivity contribution in [2.45, 2.75) is 153 Å². The molecule has 0 aliphatic heterocycles. The lowest BCUT2D eigenvalue weighted by molar-refractivity contribution is 0.372. The summed E-state index contributed by atoms with van der Waals surface area (Å²) in [5.74, 6) is 0. The fourth-order valence-electron chi connectivity index (χ4n) is 4.88. The molecule has 0 aromatic carbocycles. The molecule has 3 nitrogen and oxygen atoms in total. The molecule has 0 saturated heterocycles. The number of hydrogen-bond acceptors (Lipinski definition) is 3. The van der Waals surface area contributed by atoms with Crippen LogP contribution < -0.4 is 0 Å². The molecule has 28 heavy (non-hydrogen) atoms. The number of rotatable bonds is 2. The third-order valence-corrected chi connectivity index (χ3v) is 6.88. The van der Waals surface area contributed by atoms with Gasteiger partial charge in [-0.3, -0.25) is 0 Å². The Morgan fingerprint density at radius 3 is 1.29 bits per heavy atom. The van der Waals surface area contributed by atoms with Crippen molar-refractivity contribution < 1.29 is 0 Å². The second kappa shape index (κ2) is 15.0. The fraction of sp³-hybridized carbons (Fsp3) is 0.960. The van der Waals surface area contributed by atoms with E-state index in [1.54, 1.807) is 0 Å². The highest BCUT2D eigenvalue weighted by Gasteiger charge is 2.29. The Bertz CT molecular complexity index is 427. The molecule has 0 spiro atoms. The Hall–Kier alpha value is -0.910. The lowest BCUT2D eigenvalue weighted by atomic mass is 9.87. The number of nitrogens with zero attached hydrogens (tertiary/aromatic N) is 3. The predicted octanol–water partition coefficient (Wildman–Crippen LogP) is 8.68. The van der Waals surface area contributed by atoms with Gasteiger partial charge in [-0.25, -0.2) is 0 Å². The molecule has 0 unspecified atom stereocenters. The van der Waals surface area contributed by atoms with Crippen LogP contribution in [0.2, 0.25) is 0 Å². The normalized spacial score (nSPS) is 25.5. The van der Waals surface area contributed by atoms with E-state index >= 15 is 0 Å². The second-order valence-corrected chi connectivity index (χ2v) is 9.45. The van der Waals surface area contributed by atoms with E-state index in [4.69, 9.17) is 10.2 Å². The van der Waals surface area contributed by atoms with Crippen LogP contribution in [0.4, 0.5) is 0 Å². The van der Waals surface area contributed by atoms with Crippen LogP contribution >= 0.6 is 0 Å². The van der Waals surface area contributed by atoms with Crippen LogP contribution in [0.15, 0.2) is 10.2 Å². The van der Waals surface area contributed by atoms with Crippen LogP contribution in [0.3, 0.4) is 0 Å². The number of nitriles is 1. The molecule has 3 heteroatoms. The Labute approximate surface area is 174 Å². The molecular formula is C25H45N3. The highest BCUT2D eigenvalue weighted by Crippen LogP contribution is 2.29. The van der Waals surface area contributed by atoms with Crippen molar-refractivity contribution in [2.75, 3.05) is 0 Å². The van der Waals surface area contributed by atoms with E-state index in [1.807, 2.05) is 0 Å². The van der Waals surface area contributed by atoms with E-state index < -0.39 is 5.54 Å². The molecule has 0 aromatic rings. The van der Waals surface area contributed by atoms with Crippen LogP contribution in [0, 0.1) is 11.3 Å². The fourth-order valence-corrected chi connectivity index (χ4v) is 4.88. The average Bonchev–Trinajstić information content (AvgIpc) is 2.69. The van der Waals surface area contributed by atoms with E-state index in [2.05, 4.69) is 6.07 Å². The quantitative estimate of drug-likeness (QED) is 0.437. The van der Waals surface area contributed by atoms with Gasteiger partial charge in [-0.15, -0.1) is 0 Å². The topological polar surface area (TPSA) is 48.5 Å². The smallest absolute Gasteiger partial charge is 0.167 e. The maximum Gasteiger partial charge on any atom is 0.167 e. The Kier molecular flexibility index (Phi) is 12.5. The molecular weight excluding hydrogens is 342 g/mol. The molecule has 0 heterocycles. The van der Waals surface area contributed by atoms with E-state index in [0.29, 0.717) is 6.04 Å². The zero-order chi connectivity index (χ0) is 19.8. The van der Waals surface area contributed by atoms with Crippen molar-refractivity contribution in [2.24, 2.45) is 10.2 Å². The zero-order valence-electron chi connectivity index (χ0n) is 18.5. The summed E-state index contributed by atoms with van der Waals surface area (Å²) >= 11 is 0. The number of hydrogen-bond donors (Lipinski definition) is 0. The highest BCUT2D eigenvalue weighted by atomic mass is 15.2. The average molecular weight is 388 g/mol. The molecule has 2 fully saturated rings. The lowest BCUT2D eigenvalue weighted by Crippen LogP contribution is -2.25. The van der Waals surface area contributed by atoms with Crippen molar-refractivity contribution in [3.8, 4) is 6.07 Å². The van der Waals surface area contributed by atoms with Crippen LogP contribution in [-0.4, -0.2) is 11.6 Å². The third-order valence-electron chi connectivity index (χ3n) is 6.88. The summed E-state index contributed by atoms with van der Waals surface area (Å²) in [5.41, 5.74) is -0.539. The SMILES string of the molecule is N#CC1(/N=N/C2CCCCCCCCCCC2)CCCCCCCCCCC1. The lowest BCUT2D eigenvalue weighted by Gasteiger charge is -2.23. The maximum atomic E-state index is 10.0. The first kappa shape index (κ1) is 23.4. The first-order valence-corrected chi connectivity index (χ1v) is 12.7. The van der Waals surface area contributed by atoms with Crippen LogP contribution in [0.25, 0.3) is 0 Å². The van der Waals surface area contributed by atoms with E-state index in [-0.39, 0.29) is 0 Å². The van der Waals surface area contributed by atoms with E-state index in [9.17, 15) is 5.26 Å². The van der Waals surface area contributed by atoms with Crippen molar-refractivity contribution in [1.82, 2.24) is 0 Å². The second-order valence-electron chi connectivity index (χ2n) is 9.45. The van der Waals surface area contributed by atoms with Gasteiger partial charge in [0.15, 0.2) is 5.54 Å². The Balaban J connectivity index is 1.95. The van der Waals surface area contributed by atoms with Gasteiger partial charge >= 0.3 is 0 Å². The molecule has 2 aliphatic carbocycles. The van der Waals surface area contributed by atoms with Gasteiger partial charge in [-0.1, -0.05) is 103 Å². The van der Waals surface area contributed by atoms with Crippen molar-refractivity contribution >= 4 is 0 Å². The largest absolute Gasteiger partial charge is 0.196 e. The van der Waals surface area contributed by atoms with Gasteiger partial charge in [-0.2, -0.15) is 15.5 Å². The van der Waals surface area contributed by atoms with Crippen molar-refractivity contribution in [3.63, 3.8) is 0 Å². The monoisotopic (exact) mass is 387 g/mol. The molecule has 160 valence electrons. The van der Waals surface area contributed by atoms with Gasteiger partial charge in [0.05, 0.1) is 12.1 Å². The molecule has 0 bridgehead atoms. The summed E-state index contributed by atoms with van der Waals surface area (Å²) in [4.78, 5) is 0. The van der Waals surface area contributed by atoms with Crippen molar-refractivity contribution in [1.29, 1.82) is 5.26 Å². The molecule has 0 atom stereocenters. The Morgan fingerprint density at radius 1 is 0.536 bits per heavy atom. The summed E-state index contributed by atoms with van der Waals surface area (Å²) < 4.78 is 0. The highest BCUT2D eigenvalue weighted by molar-refractivity contribution is 5.06. The summed E-state index contributed by atoms with van der Waals surface area (Å²) in [6.45, 7) is 0. The molecule has 0 N–H and O–H groups in total. The molecule has 2 aliphatic rings. The minimum atomic E-state index is -0.539. The molecule has 0 aromatic heterocycles. The standard InChI is InChI=1S/C25H45N3/c26-23-25(21-17-13-9-5-2-6-10-14-18-22-25)28-27-24-19-15-11-7-3-1-4-8-12-16-20-24/h24H,1-22H2/b28-27+. The summed E-state index contributed by atoms with van der Waals surface area (Å²) in [7, 11) is 0. The van der Waals surface area contributed by atoms with Gasteiger partial charge in [0.25, 0.3) is 0 Å². The van der Waals surface area contributed by atoms with E-state index in [0.717, 1.165) is 25.7 Å². The zero-order valence-corrected chi connectivity index (χ0v) is 18.5. The first-order valence-electron chi connectivity index (χ1n) is 12.7. The van der Waals surface area contributed by atoms with Gasteiger partial charge in [0, 0.05) is 0 Å². The van der Waals surface area contributed by atoms with E-state index in [1.165, 1.54) is 116 Å². The Morgan fingerprint density at radius 2 is 0.893 bits per heavy atom. The van der Waals surface area contributed by atoms with Gasteiger partial charge in [0.2, 0.25) is 0 Å². The molecule has 0 radical (unpaired) electrons. The summed E-state index contributed by atoms with van der Waals surface area (Å²) in [6.07, 6.45) is 28.0. The van der Waals surface area contributed by atoms with Gasteiger partial charge in [-0.05, 0) is 38.5 Å². The minimum Gasteiger partial charge on any atom is -0.196 e. The van der Waals surface area contributed by atoms with Crippen LogP contribution in [-0.2, 0) is 0 Å². The first-order chi connectivity index (χ1) is 13.8. The van der Waals surface area contributed by atoms with Gasteiger partial charge in [0.1, 0.15) is 0 Å². The predicted molar refractivity (Wildman–Crippen MR) is 119 cm³/mol. The van der Waals surface area contributed by atoms with Crippen LogP contribution in [0.1, 0.15) is 141 Å². The molecule has 2 saturated carbocycles. The summed E-state index contributed by atoms with van der Waals surface area (Å²) in [5, 5.41) is 19.7. The molecule has 0 amide bonds. The number of azo groups is 1. The maximum absolute atomic E-state index is 10.0. The minimum absolute atomic E-state index is 0.353. The summed E-state index contributed by atoms with van der Waals surface area (Å²) in [6, 6.07) is 2.97. The third kappa shape index (κ3) is 10.0. The van der Waals surface area contributed by atoms with Gasteiger partial charge < -0.3 is 0 Å².